The average Bonchev–Trinajstić information content (AvgIpc) is 2.22. The molecular weight excluding hydrogens is 192 g/mol. The van der Waals surface area contributed by atoms with E-state index in [0.29, 0.717) is 19.4 Å². The van der Waals surface area contributed by atoms with Crippen molar-refractivity contribution >= 4 is 11.8 Å². The Morgan fingerprint density at radius 1 is 1.13 bits per heavy atom. The predicted octanol–water partition coefficient (Wildman–Crippen LogP) is 2.65. The van der Waals surface area contributed by atoms with Gasteiger partial charge >= 0.3 is 5.97 Å². The maximum absolute atomic E-state index is 11.2. The van der Waals surface area contributed by atoms with E-state index in [1.165, 1.54) is 0 Å². The Morgan fingerprint density at radius 3 is 2.40 bits per heavy atom. The van der Waals surface area contributed by atoms with Crippen molar-refractivity contribution in [2.45, 2.75) is 46.0 Å². The van der Waals surface area contributed by atoms with Gasteiger partial charge in [-0.2, -0.15) is 0 Å². The highest BCUT2D eigenvalue weighted by atomic mass is 16.5. The normalized spacial score (nSPS) is 10.5. The Bertz CT molecular complexity index is 219. The smallest absolute Gasteiger partial charge is 0.305 e. The quantitative estimate of drug-likeness (QED) is 0.353. The number of esters is 1. The fourth-order valence-electron chi connectivity index (χ4n) is 1.13. The van der Waals surface area contributed by atoms with Gasteiger partial charge in [-0.05, 0) is 32.3 Å². The summed E-state index contributed by atoms with van der Waals surface area (Å²) in [5, 5.41) is 0. The summed E-state index contributed by atoms with van der Waals surface area (Å²) < 4.78 is 4.78. The minimum Gasteiger partial charge on any atom is -0.466 e. The molecule has 0 radical (unpaired) electrons. The first kappa shape index (κ1) is 13.9. The number of carbonyl (C=O) groups is 2. The molecule has 0 aromatic heterocycles. The van der Waals surface area contributed by atoms with Crippen molar-refractivity contribution < 1.29 is 14.3 Å². The molecule has 0 N–H and O–H groups in total. The van der Waals surface area contributed by atoms with E-state index < -0.39 is 0 Å². The van der Waals surface area contributed by atoms with Gasteiger partial charge in [0, 0.05) is 12.8 Å². The summed E-state index contributed by atoms with van der Waals surface area (Å²) in [6, 6.07) is 0. The zero-order chi connectivity index (χ0) is 11.5. The van der Waals surface area contributed by atoms with E-state index in [1.54, 1.807) is 13.0 Å². The van der Waals surface area contributed by atoms with Crippen LogP contribution in [-0.4, -0.2) is 18.4 Å². The molecule has 0 saturated carbocycles. The molecule has 0 aliphatic heterocycles. The van der Waals surface area contributed by atoms with Gasteiger partial charge in [0.05, 0.1) is 6.61 Å². The van der Waals surface area contributed by atoms with E-state index in [-0.39, 0.29) is 11.8 Å². The van der Waals surface area contributed by atoms with E-state index in [4.69, 9.17) is 4.74 Å². The van der Waals surface area contributed by atoms with Crippen molar-refractivity contribution in [1.82, 2.24) is 0 Å². The van der Waals surface area contributed by atoms with Gasteiger partial charge in [-0.25, -0.2) is 0 Å². The molecule has 0 heterocycles. The largest absolute Gasteiger partial charge is 0.466 e. The molecule has 0 atom stereocenters. The second kappa shape index (κ2) is 9.44. The molecule has 0 aromatic carbocycles. The highest BCUT2D eigenvalue weighted by Crippen LogP contribution is 2.02. The van der Waals surface area contributed by atoms with Crippen molar-refractivity contribution in [1.29, 1.82) is 0 Å². The summed E-state index contributed by atoms with van der Waals surface area (Å²) in [4.78, 5) is 22.1. The molecule has 3 nitrogen and oxygen atoms in total. The third-order valence-electron chi connectivity index (χ3n) is 1.90. The molecule has 0 aliphatic carbocycles. The number of hydrogen-bond acceptors (Lipinski definition) is 3. The first-order valence-corrected chi connectivity index (χ1v) is 5.55. The van der Waals surface area contributed by atoms with Gasteiger partial charge in [-0.15, -0.1) is 0 Å². The Balaban J connectivity index is 3.42. The number of ether oxygens (including phenoxy) is 1. The molecule has 0 aliphatic rings. The van der Waals surface area contributed by atoms with Crippen molar-refractivity contribution in [3.05, 3.63) is 12.2 Å². The highest BCUT2D eigenvalue weighted by Gasteiger charge is 2.02. The summed E-state index contributed by atoms with van der Waals surface area (Å²) in [5.74, 6) is -0.0326. The second-order valence-corrected chi connectivity index (χ2v) is 3.29. The number of unbranched alkanes of at least 4 members (excludes halogenated alkanes) is 1. The molecule has 0 rings (SSSR count). The molecule has 0 bridgehead atoms. The van der Waals surface area contributed by atoms with Crippen molar-refractivity contribution in [2.24, 2.45) is 0 Å². The second-order valence-electron chi connectivity index (χ2n) is 3.29. The minimum atomic E-state index is -0.172. The third-order valence-corrected chi connectivity index (χ3v) is 1.90. The number of rotatable bonds is 8. The number of carbonyl (C=O) groups excluding carboxylic acids is 2. The van der Waals surface area contributed by atoms with Crippen LogP contribution in [0.5, 0.6) is 0 Å². The lowest BCUT2D eigenvalue weighted by atomic mass is 10.1. The van der Waals surface area contributed by atoms with Crippen LogP contribution in [0.15, 0.2) is 12.2 Å². The van der Waals surface area contributed by atoms with Crippen molar-refractivity contribution in [3.8, 4) is 0 Å². The van der Waals surface area contributed by atoms with Crippen molar-refractivity contribution in [3.63, 3.8) is 0 Å². The van der Waals surface area contributed by atoms with Crippen LogP contribution in [0, 0.1) is 0 Å². The minimum absolute atomic E-state index is 0.140. The molecule has 0 saturated heterocycles. The highest BCUT2D eigenvalue weighted by molar-refractivity contribution is 5.89. The SMILES string of the molecule is CCC=CC(=O)CCCCC(=O)OCC. The van der Waals surface area contributed by atoms with Crippen LogP contribution in [0.1, 0.15) is 46.0 Å². The first-order valence-electron chi connectivity index (χ1n) is 5.55. The molecule has 0 spiro atoms. The molecule has 0 unspecified atom stereocenters. The summed E-state index contributed by atoms with van der Waals surface area (Å²) in [6.45, 7) is 4.21. The Hall–Kier alpha value is -1.12. The van der Waals surface area contributed by atoms with Gasteiger partial charge in [0.15, 0.2) is 5.78 Å². The van der Waals surface area contributed by atoms with Crippen molar-refractivity contribution in [2.75, 3.05) is 6.61 Å². The zero-order valence-electron chi connectivity index (χ0n) is 9.62. The zero-order valence-corrected chi connectivity index (χ0v) is 9.62. The molecular formula is C12H20O3. The Morgan fingerprint density at radius 2 is 1.80 bits per heavy atom. The monoisotopic (exact) mass is 212 g/mol. The van der Waals surface area contributed by atoms with Gasteiger partial charge in [0.2, 0.25) is 0 Å². The molecule has 15 heavy (non-hydrogen) atoms. The number of ketones is 1. The Kier molecular flexibility index (Phi) is 8.73. The fourth-order valence-corrected chi connectivity index (χ4v) is 1.13. The van der Waals surface area contributed by atoms with Gasteiger partial charge in [0.1, 0.15) is 0 Å². The van der Waals surface area contributed by atoms with E-state index in [0.717, 1.165) is 19.3 Å². The molecule has 0 aromatic rings. The molecule has 86 valence electrons. The van der Waals surface area contributed by atoms with Gasteiger partial charge in [-0.1, -0.05) is 13.0 Å². The lowest BCUT2D eigenvalue weighted by molar-refractivity contribution is -0.143. The Labute approximate surface area is 91.5 Å². The molecule has 0 amide bonds. The standard InChI is InChI=1S/C12H20O3/c1-3-5-8-11(13)9-6-7-10-12(14)15-4-2/h5,8H,3-4,6-7,9-10H2,1-2H3. The van der Waals surface area contributed by atoms with Gasteiger partial charge in [0.25, 0.3) is 0 Å². The lowest BCUT2D eigenvalue weighted by Gasteiger charge is -2.00. The van der Waals surface area contributed by atoms with E-state index in [9.17, 15) is 9.59 Å². The predicted molar refractivity (Wildman–Crippen MR) is 59.5 cm³/mol. The van der Waals surface area contributed by atoms with Crippen LogP contribution >= 0.6 is 0 Å². The molecule has 3 heteroatoms. The topological polar surface area (TPSA) is 43.4 Å². The van der Waals surface area contributed by atoms with Crippen LogP contribution < -0.4 is 0 Å². The summed E-state index contributed by atoms with van der Waals surface area (Å²) in [5.41, 5.74) is 0. The average molecular weight is 212 g/mol. The van der Waals surface area contributed by atoms with Crippen LogP contribution in [0.3, 0.4) is 0 Å². The van der Waals surface area contributed by atoms with E-state index in [2.05, 4.69) is 0 Å². The van der Waals surface area contributed by atoms with Gasteiger partial charge in [-0.3, -0.25) is 9.59 Å². The third kappa shape index (κ3) is 9.19. The molecule has 0 fully saturated rings. The summed E-state index contributed by atoms with van der Waals surface area (Å²) in [7, 11) is 0. The maximum atomic E-state index is 11.2. The summed E-state index contributed by atoms with van der Waals surface area (Å²) >= 11 is 0. The van der Waals surface area contributed by atoms with E-state index in [1.807, 2.05) is 13.0 Å². The lowest BCUT2D eigenvalue weighted by Crippen LogP contribution is -2.03. The number of hydrogen-bond donors (Lipinski definition) is 0. The first-order chi connectivity index (χ1) is 7.20. The summed E-state index contributed by atoms with van der Waals surface area (Å²) in [6.07, 6.45) is 6.78. The maximum Gasteiger partial charge on any atom is 0.305 e. The van der Waals surface area contributed by atoms with Crippen LogP contribution in [0.4, 0.5) is 0 Å². The van der Waals surface area contributed by atoms with Crippen LogP contribution in [0.2, 0.25) is 0 Å². The van der Waals surface area contributed by atoms with Crippen LogP contribution in [0.25, 0.3) is 0 Å². The number of allylic oxidation sites excluding steroid dienone is 2. The van der Waals surface area contributed by atoms with Gasteiger partial charge < -0.3 is 4.74 Å². The fraction of sp³-hybridized carbons (Fsp3) is 0.667. The van der Waals surface area contributed by atoms with E-state index >= 15 is 0 Å². The van der Waals surface area contributed by atoms with Crippen LogP contribution in [-0.2, 0) is 14.3 Å².